The van der Waals surface area contributed by atoms with Crippen molar-refractivity contribution in [3.8, 4) is 5.75 Å². The van der Waals surface area contributed by atoms with Crippen LogP contribution in [-0.4, -0.2) is 36.9 Å². The summed E-state index contributed by atoms with van der Waals surface area (Å²) in [6.07, 6.45) is -0.877. The Morgan fingerprint density at radius 1 is 1.11 bits per heavy atom. The molecule has 154 valence electrons. The van der Waals surface area contributed by atoms with Crippen molar-refractivity contribution in [2.24, 2.45) is 5.92 Å². The summed E-state index contributed by atoms with van der Waals surface area (Å²) in [7, 11) is 0. The lowest BCUT2D eigenvalue weighted by atomic mass is 9.86. The van der Waals surface area contributed by atoms with Gasteiger partial charge in [-0.1, -0.05) is 19.8 Å². The first-order valence-corrected chi connectivity index (χ1v) is 8.77. The zero-order valence-electron chi connectivity index (χ0n) is 15.2. The molecule has 2 rings (SSSR count). The Hall–Kier alpha value is -2.78. The highest BCUT2D eigenvalue weighted by Gasteiger charge is 2.31. The quantitative estimate of drug-likeness (QED) is 0.738. The summed E-state index contributed by atoms with van der Waals surface area (Å²) in [5, 5.41) is 4.80. The number of hydrogen-bond acceptors (Lipinski definition) is 5. The zero-order chi connectivity index (χ0) is 20.7. The molecule has 1 aromatic rings. The van der Waals surface area contributed by atoms with Crippen molar-refractivity contribution < 1.29 is 37.0 Å². The van der Waals surface area contributed by atoms with Gasteiger partial charge in [0.25, 0.3) is 5.91 Å². The van der Waals surface area contributed by atoms with E-state index in [4.69, 9.17) is 4.74 Å². The number of hydrogen-bond donors (Lipinski definition) is 2. The normalized spacial score (nSPS) is 19.4. The van der Waals surface area contributed by atoms with E-state index in [0.717, 1.165) is 49.9 Å². The van der Waals surface area contributed by atoms with Crippen molar-refractivity contribution in [2.45, 2.75) is 45.0 Å². The number of benzene rings is 1. The first kappa shape index (κ1) is 21.5. The third-order valence-electron chi connectivity index (χ3n) is 4.34. The topological polar surface area (TPSA) is 93.7 Å². The summed E-state index contributed by atoms with van der Waals surface area (Å²) in [4.78, 5) is 35.4. The van der Waals surface area contributed by atoms with Crippen LogP contribution in [0.25, 0.3) is 0 Å². The van der Waals surface area contributed by atoms with Gasteiger partial charge in [-0.15, -0.1) is 13.2 Å². The Labute approximate surface area is 159 Å². The number of ether oxygens (including phenoxy) is 2. The molecule has 1 saturated carbocycles. The van der Waals surface area contributed by atoms with E-state index < -0.39 is 36.6 Å². The molecule has 1 aromatic carbocycles. The van der Waals surface area contributed by atoms with Gasteiger partial charge in [0, 0.05) is 6.04 Å². The fourth-order valence-electron chi connectivity index (χ4n) is 2.90. The Bertz CT molecular complexity index is 706. The predicted octanol–water partition coefficient (Wildman–Crippen LogP) is 3.15. The highest BCUT2D eigenvalue weighted by atomic mass is 19.4. The molecule has 1 fully saturated rings. The number of urea groups is 1. The fourth-order valence-corrected chi connectivity index (χ4v) is 2.90. The number of rotatable bonds is 5. The summed E-state index contributed by atoms with van der Waals surface area (Å²) in [6.45, 7) is 1.33. The van der Waals surface area contributed by atoms with Crippen LogP contribution in [0, 0.1) is 5.92 Å². The minimum Gasteiger partial charge on any atom is -0.452 e. The Balaban J connectivity index is 1.75. The molecule has 0 unspecified atom stereocenters. The van der Waals surface area contributed by atoms with Gasteiger partial charge >= 0.3 is 18.4 Å². The SMILES string of the molecule is C[C@H]1CCCC[C@@H]1NC(=O)NC(=O)COC(=O)c1ccc(OC(F)(F)F)cc1. The van der Waals surface area contributed by atoms with Crippen LogP contribution in [0.3, 0.4) is 0 Å². The third kappa shape index (κ3) is 7.09. The van der Waals surface area contributed by atoms with Crippen molar-refractivity contribution in [1.82, 2.24) is 10.6 Å². The molecule has 0 radical (unpaired) electrons. The van der Waals surface area contributed by atoms with Crippen molar-refractivity contribution in [3.63, 3.8) is 0 Å². The van der Waals surface area contributed by atoms with Crippen molar-refractivity contribution in [2.75, 3.05) is 6.61 Å². The Kier molecular flexibility index (Phi) is 7.24. The lowest BCUT2D eigenvalue weighted by Crippen LogP contribution is -2.48. The molecular formula is C18H21F3N2O5. The molecular weight excluding hydrogens is 381 g/mol. The number of carbonyl (C=O) groups excluding carboxylic acids is 3. The van der Waals surface area contributed by atoms with E-state index >= 15 is 0 Å². The third-order valence-corrected chi connectivity index (χ3v) is 4.34. The van der Waals surface area contributed by atoms with E-state index in [2.05, 4.69) is 15.4 Å². The maximum Gasteiger partial charge on any atom is 0.573 e. The second-order valence-electron chi connectivity index (χ2n) is 6.54. The van der Waals surface area contributed by atoms with E-state index in [0.29, 0.717) is 5.92 Å². The molecule has 7 nitrogen and oxygen atoms in total. The molecule has 0 saturated heterocycles. The second-order valence-corrected chi connectivity index (χ2v) is 6.54. The Morgan fingerprint density at radius 2 is 1.75 bits per heavy atom. The van der Waals surface area contributed by atoms with Gasteiger partial charge < -0.3 is 14.8 Å². The smallest absolute Gasteiger partial charge is 0.452 e. The number of carbonyl (C=O) groups is 3. The van der Waals surface area contributed by atoms with Crippen LogP contribution in [-0.2, 0) is 9.53 Å². The average molecular weight is 402 g/mol. The molecule has 1 aliphatic carbocycles. The van der Waals surface area contributed by atoms with Crippen LogP contribution in [0.2, 0.25) is 0 Å². The second kappa shape index (κ2) is 9.43. The van der Waals surface area contributed by atoms with Gasteiger partial charge in [0.1, 0.15) is 5.75 Å². The van der Waals surface area contributed by atoms with Crippen LogP contribution >= 0.6 is 0 Å². The number of alkyl halides is 3. The van der Waals surface area contributed by atoms with Gasteiger partial charge in [-0.2, -0.15) is 0 Å². The highest BCUT2D eigenvalue weighted by molar-refractivity contribution is 5.97. The van der Waals surface area contributed by atoms with Gasteiger partial charge in [-0.25, -0.2) is 9.59 Å². The summed E-state index contributed by atoms with van der Waals surface area (Å²) >= 11 is 0. The number of halogens is 3. The van der Waals surface area contributed by atoms with E-state index in [1.807, 2.05) is 6.92 Å². The maximum absolute atomic E-state index is 12.1. The van der Waals surface area contributed by atoms with Crippen molar-refractivity contribution >= 4 is 17.9 Å². The van der Waals surface area contributed by atoms with Crippen molar-refractivity contribution in [1.29, 1.82) is 0 Å². The van der Waals surface area contributed by atoms with Crippen LogP contribution in [0.4, 0.5) is 18.0 Å². The molecule has 0 spiro atoms. The molecule has 0 bridgehead atoms. The molecule has 10 heteroatoms. The minimum absolute atomic E-state index is 0.0125. The van der Waals surface area contributed by atoms with Gasteiger partial charge in [-0.3, -0.25) is 10.1 Å². The van der Waals surface area contributed by atoms with E-state index in [1.165, 1.54) is 0 Å². The molecule has 2 N–H and O–H groups in total. The number of esters is 1. The molecule has 0 aliphatic heterocycles. The first-order chi connectivity index (χ1) is 13.1. The standard InChI is InChI=1S/C18H21F3N2O5/c1-11-4-2-3-5-14(11)22-17(26)23-15(24)10-27-16(25)12-6-8-13(9-7-12)28-18(19,20)21/h6-9,11,14H,2-5,10H2,1H3,(H2,22,23,24,26)/t11-,14-/m0/s1. The van der Waals surface area contributed by atoms with Gasteiger partial charge in [0.05, 0.1) is 5.56 Å². The van der Waals surface area contributed by atoms with Crippen LogP contribution < -0.4 is 15.4 Å². The predicted molar refractivity (Wildman–Crippen MR) is 91.5 cm³/mol. The van der Waals surface area contributed by atoms with E-state index in [1.54, 1.807) is 0 Å². The summed E-state index contributed by atoms with van der Waals surface area (Å²) < 4.78 is 44.7. The Morgan fingerprint density at radius 3 is 2.36 bits per heavy atom. The van der Waals surface area contributed by atoms with E-state index in [-0.39, 0.29) is 11.6 Å². The van der Waals surface area contributed by atoms with Crippen LogP contribution in [0.15, 0.2) is 24.3 Å². The van der Waals surface area contributed by atoms with E-state index in [9.17, 15) is 27.6 Å². The average Bonchev–Trinajstić information content (AvgIpc) is 2.61. The molecule has 1 aliphatic rings. The summed E-state index contributed by atoms with van der Waals surface area (Å²) in [6, 6.07) is 3.36. The lowest BCUT2D eigenvalue weighted by molar-refractivity contribution is -0.274. The highest BCUT2D eigenvalue weighted by Crippen LogP contribution is 2.24. The lowest BCUT2D eigenvalue weighted by Gasteiger charge is -2.29. The fraction of sp³-hybridized carbons (Fsp3) is 0.500. The largest absolute Gasteiger partial charge is 0.573 e. The molecule has 28 heavy (non-hydrogen) atoms. The minimum atomic E-state index is -4.84. The summed E-state index contributed by atoms with van der Waals surface area (Å²) in [5.41, 5.74) is -0.0668. The first-order valence-electron chi connectivity index (χ1n) is 8.77. The van der Waals surface area contributed by atoms with Crippen molar-refractivity contribution in [3.05, 3.63) is 29.8 Å². The van der Waals surface area contributed by atoms with Gasteiger partial charge in [0.15, 0.2) is 6.61 Å². The molecule has 0 heterocycles. The number of amides is 3. The van der Waals surface area contributed by atoms with Gasteiger partial charge in [0.2, 0.25) is 0 Å². The molecule has 3 amide bonds. The summed E-state index contributed by atoms with van der Waals surface area (Å²) in [5.74, 6) is -1.91. The van der Waals surface area contributed by atoms with Crippen LogP contribution in [0.1, 0.15) is 43.0 Å². The zero-order valence-corrected chi connectivity index (χ0v) is 15.2. The van der Waals surface area contributed by atoms with Crippen LogP contribution in [0.5, 0.6) is 5.75 Å². The number of nitrogens with one attached hydrogen (secondary N) is 2. The monoisotopic (exact) mass is 402 g/mol. The van der Waals surface area contributed by atoms with Gasteiger partial charge in [-0.05, 0) is 43.0 Å². The molecule has 2 atom stereocenters. The number of imide groups is 1. The molecule has 0 aromatic heterocycles. The maximum atomic E-state index is 12.1.